The molecule has 0 saturated heterocycles. The number of aromatic nitrogens is 2. The normalized spacial score (nSPS) is 12.1. The first-order valence-corrected chi connectivity index (χ1v) is 23.4. The molecule has 1 heterocycles. The Kier molecular flexibility index (Phi) is 26.3. The van der Waals surface area contributed by atoms with Crippen LogP contribution in [0.4, 0.5) is 0 Å². The van der Waals surface area contributed by atoms with Crippen LogP contribution in [-0.2, 0) is 25.9 Å². The van der Waals surface area contributed by atoms with Gasteiger partial charge in [-0.25, -0.2) is 9.13 Å². The van der Waals surface area contributed by atoms with E-state index in [0.717, 1.165) is 25.9 Å². The van der Waals surface area contributed by atoms with Gasteiger partial charge in [0.25, 0.3) is 5.82 Å². The van der Waals surface area contributed by atoms with Gasteiger partial charge in [0.05, 0.1) is 19.5 Å². The molecular weight excluding hydrogens is 641 g/mol. The quantitative estimate of drug-likeness (QED) is 0.0422. The van der Waals surface area contributed by atoms with Crippen LogP contribution in [0.25, 0.3) is 0 Å². The van der Waals surface area contributed by atoms with E-state index in [1.54, 1.807) is 0 Å². The zero-order valence-electron chi connectivity index (χ0n) is 35.5. The number of benzene rings is 2. The van der Waals surface area contributed by atoms with Gasteiger partial charge in [0.15, 0.2) is 0 Å². The van der Waals surface area contributed by atoms with Crippen molar-refractivity contribution < 1.29 is 4.57 Å². The first-order valence-electron chi connectivity index (χ1n) is 23.4. The standard InChI is InChI=1S/C51H85N2/c1-4-6-8-10-12-14-16-18-19-21-23-25-27-29-37-43-53-50(44-47(3)49-40-34-31-35-41-49)46-52(51(53)45-48-38-32-30-33-39-48)42-36-28-26-24-22-20-17-15-13-11-9-7-5-2/h30-35,38-41,46-47H,4-29,36-37,42-45H2,1-3H3/q+1. The SMILES string of the molecule is CCCCCCCCCCCCCCCCC[n+]1c(CC(C)c2ccccc2)cn(CCCCCCCCCCCCCCC)c1Cc1ccccc1. The molecule has 2 nitrogen and oxygen atoms in total. The minimum Gasteiger partial charge on any atom is -0.234 e. The lowest BCUT2D eigenvalue weighted by Crippen LogP contribution is -2.41. The molecule has 0 aliphatic rings. The fourth-order valence-corrected chi connectivity index (χ4v) is 8.40. The third-order valence-electron chi connectivity index (χ3n) is 11.9. The topological polar surface area (TPSA) is 8.81 Å². The van der Waals surface area contributed by atoms with Crippen LogP contribution < -0.4 is 4.57 Å². The maximum atomic E-state index is 2.76. The molecule has 1 aromatic heterocycles. The van der Waals surface area contributed by atoms with Gasteiger partial charge in [-0.15, -0.1) is 0 Å². The van der Waals surface area contributed by atoms with Crippen LogP contribution in [-0.4, -0.2) is 4.57 Å². The molecule has 0 aliphatic heterocycles. The van der Waals surface area contributed by atoms with Gasteiger partial charge >= 0.3 is 0 Å². The summed E-state index contributed by atoms with van der Waals surface area (Å²) in [6.07, 6.45) is 44.3. The minimum absolute atomic E-state index is 0.514. The van der Waals surface area contributed by atoms with Crippen molar-refractivity contribution in [2.45, 2.75) is 232 Å². The summed E-state index contributed by atoms with van der Waals surface area (Å²) in [5.41, 5.74) is 4.43. The molecule has 1 unspecified atom stereocenters. The Balaban J connectivity index is 1.50. The van der Waals surface area contributed by atoms with Crippen molar-refractivity contribution in [1.29, 1.82) is 0 Å². The number of hydrogen-bond donors (Lipinski definition) is 0. The fourth-order valence-electron chi connectivity index (χ4n) is 8.40. The predicted molar refractivity (Wildman–Crippen MR) is 233 cm³/mol. The lowest BCUT2D eigenvalue weighted by molar-refractivity contribution is -0.710. The van der Waals surface area contributed by atoms with E-state index in [9.17, 15) is 0 Å². The van der Waals surface area contributed by atoms with Gasteiger partial charge in [0.2, 0.25) is 0 Å². The number of imidazole rings is 1. The number of nitrogens with zero attached hydrogens (tertiary/aromatic N) is 2. The predicted octanol–water partition coefficient (Wildman–Crippen LogP) is 15.7. The second-order valence-electron chi connectivity index (χ2n) is 16.8. The van der Waals surface area contributed by atoms with Crippen molar-refractivity contribution in [2.75, 3.05) is 0 Å². The molecule has 3 aromatic rings. The van der Waals surface area contributed by atoms with Crippen LogP contribution in [0.2, 0.25) is 0 Å². The maximum absolute atomic E-state index is 2.76. The largest absolute Gasteiger partial charge is 0.261 e. The van der Waals surface area contributed by atoms with Crippen LogP contribution >= 0.6 is 0 Å². The Morgan fingerprint density at radius 1 is 0.472 bits per heavy atom. The summed E-state index contributed by atoms with van der Waals surface area (Å²) >= 11 is 0. The molecule has 2 heteroatoms. The summed E-state index contributed by atoms with van der Waals surface area (Å²) in [5, 5.41) is 0. The van der Waals surface area contributed by atoms with E-state index < -0.39 is 0 Å². The molecule has 0 spiro atoms. The Morgan fingerprint density at radius 3 is 1.32 bits per heavy atom. The molecule has 53 heavy (non-hydrogen) atoms. The molecule has 0 radical (unpaired) electrons. The molecule has 0 amide bonds. The maximum Gasteiger partial charge on any atom is 0.261 e. The summed E-state index contributed by atoms with van der Waals surface area (Å²) in [7, 11) is 0. The molecule has 2 aromatic carbocycles. The monoisotopic (exact) mass is 726 g/mol. The summed E-state index contributed by atoms with van der Waals surface area (Å²) in [5.74, 6) is 2.04. The third-order valence-corrected chi connectivity index (χ3v) is 11.9. The highest BCUT2D eigenvalue weighted by Crippen LogP contribution is 2.22. The Morgan fingerprint density at radius 2 is 0.868 bits per heavy atom. The Bertz CT molecular complexity index is 1230. The highest BCUT2D eigenvalue weighted by molar-refractivity contribution is 5.21. The molecule has 0 bridgehead atoms. The average molecular weight is 726 g/mol. The summed E-state index contributed by atoms with van der Waals surface area (Å²) in [6, 6.07) is 22.4. The Hall–Kier alpha value is -2.35. The second-order valence-corrected chi connectivity index (χ2v) is 16.8. The molecule has 298 valence electrons. The first-order chi connectivity index (χ1) is 26.2. The highest BCUT2D eigenvalue weighted by atomic mass is 15.2. The van der Waals surface area contributed by atoms with Crippen LogP contribution in [0.15, 0.2) is 66.9 Å². The third kappa shape index (κ3) is 20.8. The smallest absolute Gasteiger partial charge is 0.234 e. The average Bonchev–Trinajstić information content (AvgIpc) is 3.50. The van der Waals surface area contributed by atoms with Gasteiger partial charge in [0, 0.05) is 6.42 Å². The van der Waals surface area contributed by atoms with Crippen molar-refractivity contribution in [3.8, 4) is 0 Å². The van der Waals surface area contributed by atoms with Crippen LogP contribution in [0.3, 0.4) is 0 Å². The number of aryl methyl sites for hydroxylation is 1. The van der Waals surface area contributed by atoms with E-state index in [4.69, 9.17) is 0 Å². The molecule has 0 aliphatic carbocycles. The molecule has 1 atom stereocenters. The van der Waals surface area contributed by atoms with E-state index in [0.29, 0.717) is 5.92 Å². The van der Waals surface area contributed by atoms with E-state index in [-0.39, 0.29) is 0 Å². The molecule has 0 saturated carbocycles. The van der Waals surface area contributed by atoms with Crippen molar-refractivity contribution in [3.05, 3.63) is 89.5 Å². The van der Waals surface area contributed by atoms with Crippen molar-refractivity contribution >= 4 is 0 Å². The fraction of sp³-hybridized carbons (Fsp3) is 0.706. The van der Waals surface area contributed by atoms with Gasteiger partial charge in [-0.3, -0.25) is 0 Å². The van der Waals surface area contributed by atoms with Crippen molar-refractivity contribution in [1.82, 2.24) is 4.57 Å². The summed E-state index contributed by atoms with van der Waals surface area (Å²) < 4.78 is 5.43. The lowest BCUT2D eigenvalue weighted by atomic mass is 9.96. The lowest BCUT2D eigenvalue weighted by Gasteiger charge is -2.12. The Labute approximate surface area is 330 Å². The van der Waals surface area contributed by atoms with Crippen LogP contribution in [0, 0.1) is 0 Å². The van der Waals surface area contributed by atoms with E-state index in [1.165, 1.54) is 202 Å². The van der Waals surface area contributed by atoms with E-state index in [1.807, 2.05) is 0 Å². The highest BCUT2D eigenvalue weighted by Gasteiger charge is 2.25. The van der Waals surface area contributed by atoms with Gasteiger partial charge in [-0.05, 0) is 42.7 Å². The molecule has 0 fully saturated rings. The zero-order valence-corrected chi connectivity index (χ0v) is 35.5. The molecule has 3 rings (SSSR count). The van der Waals surface area contributed by atoms with Gasteiger partial charge < -0.3 is 0 Å². The van der Waals surface area contributed by atoms with Crippen molar-refractivity contribution in [2.24, 2.45) is 0 Å². The van der Waals surface area contributed by atoms with Crippen LogP contribution in [0.5, 0.6) is 0 Å². The van der Waals surface area contributed by atoms with Crippen molar-refractivity contribution in [3.63, 3.8) is 0 Å². The minimum atomic E-state index is 0.514. The number of rotatable bonds is 35. The van der Waals surface area contributed by atoms with E-state index >= 15 is 0 Å². The van der Waals surface area contributed by atoms with Gasteiger partial charge in [-0.2, -0.15) is 0 Å². The summed E-state index contributed by atoms with van der Waals surface area (Å²) in [6.45, 7) is 9.35. The zero-order chi connectivity index (χ0) is 37.4. The number of hydrogen-bond acceptors (Lipinski definition) is 0. The molecule has 0 N–H and O–H groups in total. The second kappa shape index (κ2) is 30.9. The van der Waals surface area contributed by atoms with E-state index in [2.05, 4.69) is 96.8 Å². The van der Waals surface area contributed by atoms with Gasteiger partial charge in [0.1, 0.15) is 11.9 Å². The van der Waals surface area contributed by atoms with Gasteiger partial charge in [-0.1, -0.05) is 236 Å². The van der Waals surface area contributed by atoms with Crippen LogP contribution in [0.1, 0.15) is 229 Å². The molecular formula is C51H85N2+. The number of unbranched alkanes of at least 4 members (excludes halogenated alkanes) is 26. The summed E-state index contributed by atoms with van der Waals surface area (Å²) in [4.78, 5) is 0. The first kappa shape index (κ1) is 45.0.